The summed E-state index contributed by atoms with van der Waals surface area (Å²) < 4.78 is 62.9. The van der Waals surface area contributed by atoms with Gasteiger partial charge in [-0.05, 0) is 18.2 Å². The summed E-state index contributed by atoms with van der Waals surface area (Å²) in [6.45, 7) is 0.0131. The SMILES string of the molecule is Fc1ccc(CNc2ccc(C(F)(F)F)nc2)c(F)c1. The lowest BCUT2D eigenvalue weighted by Gasteiger charge is -2.09. The van der Waals surface area contributed by atoms with Gasteiger partial charge in [0.1, 0.15) is 17.3 Å². The van der Waals surface area contributed by atoms with Crippen molar-refractivity contribution in [3.05, 3.63) is 59.4 Å². The van der Waals surface area contributed by atoms with E-state index in [1.54, 1.807) is 0 Å². The van der Waals surface area contributed by atoms with Crippen molar-refractivity contribution < 1.29 is 22.0 Å². The normalized spacial score (nSPS) is 11.4. The number of anilines is 1. The van der Waals surface area contributed by atoms with Crippen molar-refractivity contribution in [2.75, 3.05) is 5.32 Å². The number of benzene rings is 1. The number of aromatic nitrogens is 1. The van der Waals surface area contributed by atoms with Crippen LogP contribution >= 0.6 is 0 Å². The second kappa shape index (κ2) is 5.44. The van der Waals surface area contributed by atoms with Crippen molar-refractivity contribution in [3.63, 3.8) is 0 Å². The molecule has 0 amide bonds. The Hall–Kier alpha value is -2.18. The van der Waals surface area contributed by atoms with Crippen LogP contribution in [0, 0.1) is 11.6 Å². The van der Waals surface area contributed by atoms with Gasteiger partial charge in [-0.3, -0.25) is 0 Å². The summed E-state index contributed by atoms with van der Waals surface area (Å²) in [5, 5.41) is 2.71. The predicted octanol–water partition coefficient (Wildman–Crippen LogP) is 3.99. The van der Waals surface area contributed by atoms with Crippen LogP contribution in [0.5, 0.6) is 0 Å². The lowest BCUT2D eigenvalue weighted by molar-refractivity contribution is -0.141. The van der Waals surface area contributed by atoms with E-state index in [0.29, 0.717) is 5.69 Å². The van der Waals surface area contributed by atoms with Gasteiger partial charge in [-0.15, -0.1) is 0 Å². The predicted molar refractivity (Wildman–Crippen MR) is 62.9 cm³/mol. The van der Waals surface area contributed by atoms with Gasteiger partial charge in [-0.2, -0.15) is 13.2 Å². The second-order valence-electron chi connectivity index (χ2n) is 4.02. The Bertz CT molecular complexity index is 593. The molecule has 0 radical (unpaired) electrons. The number of nitrogens with zero attached hydrogens (tertiary/aromatic N) is 1. The first kappa shape index (κ1) is 14.2. The van der Waals surface area contributed by atoms with Crippen molar-refractivity contribution in [1.82, 2.24) is 4.98 Å². The molecule has 0 fully saturated rings. The third kappa shape index (κ3) is 3.43. The van der Waals surface area contributed by atoms with E-state index < -0.39 is 23.5 Å². The second-order valence-corrected chi connectivity index (χ2v) is 4.02. The molecule has 7 heteroatoms. The lowest BCUT2D eigenvalue weighted by Crippen LogP contribution is -2.08. The van der Waals surface area contributed by atoms with Gasteiger partial charge in [0.05, 0.1) is 11.9 Å². The molecule has 0 aliphatic heterocycles. The van der Waals surface area contributed by atoms with E-state index in [-0.39, 0.29) is 12.1 Å². The van der Waals surface area contributed by atoms with Gasteiger partial charge in [0.2, 0.25) is 0 Å². The van der Waals surface area contributed by atoms with Crippen LogP contribution in [0.4, 0.5) is 27.6 Å². The number of hydrogen-bond acceptors (Lipinski definition) is 2. The topological polar surface area (TPSA) is 24.9 Å². The minimum Gasteiger partial charge on any atom is -0.380 e. The Morgan fingerprint density at radius 3 is 2.35 bits per heavy atom. The van der Waals surface area contributed by atoms with Crippen LogP contribution in [-0.2, 0) is 12.7 Å². The van der Waals surface area contributed by atoms with E-state index in [1.165, 1.54) is 12.1 Å². The molecule has 2 aromatic rings. The lowest BCUT2D eigenvalue weighted by atomic mass is 10.2. The fourth-order valence-electron chi connectivity index (χ4n) is 1.53. The highest BCUT2D eigenvalue weighted by molar-refractivity contribution is 5.42. The minimum atomic E-state index is -4.50. The van der Waals surface area contributed by atoms with Crippen LogP contribution in [0.2, 0.25) is 0 Å². The molecular formula is C13H9F5N2. The average Bonchev–Trinajstić information content (AvgIpc) is 2.37. The molecule has 1 N–H and O–H groups in total. The molecule has 1 aromatic carbocycles. The summed E-state index contributed by atoms with van der Waals surface area (Å²) in [6.07, 6.45) is -3.49. The van der Waals surface area contributed by atoms with Gasteiger partial charge >= 0.3 is 6.18 Å². The van der Waals surface area contributed by atoms with E-state index in [2.05, 4.69) is 10.3 Å². The Morgan fingerprint density at radius 2 is 1.80 bits per heavy atom. The van der Waals surface area contributed by atoms with Crippen LogP contribution in [0.3, 0.4) is 0 Å². The highest BCUT2D eigenvalue weighted by atomic mass is 19.4. The van der Waals surface area contributed by atoms with E-state index in [1.807, 2.05) is 0 Å². The maximum Gasteiger partial charge on any atom is 0.433 e. The first-order valence-electron chi connectivity index (χ1n) is 5.57. The molecular weight excluding hydrogens is 279 g/mol. The molecule has 20 heavy (non-hydrogen) atoms. The quantitative estimate of drug-likeness (QED) is 0.864. The number of hydrogen-bond donors (Lipinski definition) is 1. The zero-order valence-electron chi connectivity index (χ0n) is 10.0. The summed E-state index contributed by atoms with van der Waals surface area (Å²) in [5.74, 6) is -1.42. The molecule has 0 saturated carbocycles. The maximum absolute atomic E-state index is 13.3. The van der Waals surface area contributed by atoms with Crippen LogP contribution in [-0.4, -0.2) is 4.98 Å². The van der Waals surface area contributed by atoms with Gasteiger partial charge in [-0.1, -0.05) is 6.07 Å². The van der Waals surface area contributed by atoms with Crippen molar-refractivity contribution in [1.29, 1.82) is 0 Å². The number of alkyl halides is 3. The van der Waals surface area contributed by atoms with Gasteiger partial charge in [0.15, 0.2) is 0 Å². The molecule has 0 unspecified atom stereocenters. The van der Waals surface area contributed by atoms with Crippen molar-refractivity contribution >= 4 is 5.69 Å². The van der Waals surface area contributed by atoms with Crippen LogP contribution < -0.4 is 5.32 Å². The first-order chi connectivity index (χ1) is 9.36. The van der Waals surface area contributed by atoms with Crippen molar-refractivity contribution in [2.45, 2.75) is 12.7 Å². The van der Waals surface area contributed by atoms with Gasteiger partial charge in [0, 0.05) is 18.2 Å². The Kier molecular flexibility index (Phi) is 3.87. The van der Waals surface area contributed by atoms with E-state index >= 15 is 0 Å². The highest BCUT2D eigenvalue weighted by Gasteiger charge is 2.31. The van der Waals surface area contributed by atoms with Gasteiger partial charge in [-0.25, -0.2) is 13.8 Å². The van der Waals surface area contributed by atoms with Crippen molar-refractivity contribution in [2.24, 2.45) is 0 Å². The smallest absolute Gasteiger partial charge is 0.380 e. The molecule has 2 nitrogen and oxygen atoms in total. The third-order valence-corrected chi connectivity index (χ3v) is 2.55. The fraction of sp³-hybridized carbons (Fsp3) is 0.154. The molecule has 0 bridgehead atoms. The molecule has 0 spiro atoms. The standard InChI is InChI=1S/C13H9F5N2/c14-9-2-1-8(11(15)5-9)6-19-10-3-4-12(20-7-10)13(16,17)18/h1-5,7,19H,6H2. The molecule has 1 heterocycles. The number of rotatable bonds is 3. The number of nitrogens with one attached hydrogen (secondary N) is 1. The molecule has 1 aromatic heterocycles. The molecule has 0 aliphatic carbocycles. The largest absolute Gasteiger partial charge is 0.433 e. The van der Waals surface area contributed by atoms with E-state index in [4.69, 9.17) is 0 Å². The summed E-state index contributed by atoms with van der Waals surface area (Å²) in [6, 6.07) is 5.11. The number of halogens is 5. The van der Waals surface area contributed by atoms with Crippen LogP contribution in [0.15, 0.2) is 36.5 Å². The highest BCUT2D eigenvalue weighted by Crippen LogP contribution is 2.27. The zero-order valence-corrected chi connectivity index (χ0v) is 10.0. The minimum absolute atomic E-state index is 0.0131. The molecule has 0 aliphatic rings. The summed E-state index contributed by atoms with van der Waals surface area (Å²) in [4.78, 5) is 3.26. The van der Waals surface area contributed by atoms with Gasteiger partial charge in [0.25, 0.3) is 0 Å². The third-order valence-electron chi connectivity index (χ3n) is 2.55. The van der Waals surface area contributed by atoms with E-state index in [9.17, 15) is 22.0 Å². The zero-order chi connectivity index (χ0) is 14.8. The molecule has 2 rings (SSSR count). The average molecular weight is 288 g/mol. The fourth-order valence-corrected chi connectivity index (χ4v) is 1.53. The Labute approximate surface area is 111 Å². The summed E-state index contributed by atoms with van der Waals surface area (Å²) >= 11 is 0. The maximum atomic E-state index is 13.3. The monoisotopic (exact) mass is 288 g/mol. The van der Waals surface area contributed by atoms with Gasteiger partial charge < -0.3 is 5.32 Å². The molecule has 0 saturated heterocycles. The molecule has 106 valence electrons. The summed E-state index contributed by atoms with van der Waals surface area (Å²) in [5.41, 5.74) is -0.496. The number of pyridine rings is 1. The van der Waals surface area contributed by atoms with Crippen molar-refractivity contribution in [3.8, 4) is 0 Å². The molecule has 0 atom stereocenters. The first-order valence-corrected chi connectivity index (χ1v) is 5.57. The summed E-state index contributed by atoms with van der Waals surface area (Å²) in [7, 11) is 0. The van der Waals surface area contributed by atoms with Crippen LogP contribution in [0.25, 0.3) is 0 Å². The Balaban J connectivity index is 2.04. The Morgan fingerprint density at radius 1 is 1.05 bits per heavy atom. The van der Waals surface area contributed by atoms with Crippen LogP contribution in [0.1, 0.15) is 11.3 Å². The van der Waals surface area contributed by atoms with E-state index in [0.717, 1.165) is 24.4 Å².